The number of aromatic nitrogens is 2. The molecule has 1 aromatic rings. The van der Waals surface area contributed by atoms with Gasteiger partial charge < -0.3 is 10.1 Å². The van der Waals surface area contributed by atoms with Gasteiger partial charge in [-0.1, -0.05) is 6.92 Å². The Balaban J connectivity index is 1.59. The molecule has 2 aliphatic rings. The minimum atomic E-state index is 0.265. The summed E-state index contributed by atoms with van der Waals surface area (Å²) >= 11 is 0. The molecule has 5 nitrogen and oxygen atoms in total. The van der Waals surface area contributed by atoms with E-state index < -0.39 is 0 Å². The van der Waals surface area contributed by atoms with Crippen LogP contribution in [0.3, 0.4) is 0 Å². The van der Waals surface area contributed by atoms with Gasteiger partial charge >= 0.3 is 0 Å². The van der Waals surface area contributed by atoms with Crippen LogP contribution in [0.15, 0.2) is 6.33 Å². The zero-order valence-electron chi connectivity index (χ0n) is 11.6. The maximum Gasteiger partial charge on any atom is 0.132 e. The molecule has 104 valence electrons. The van der Waals surface area contributed by atoms with Gasteiger partial charge in [-0.25, -0.2) is 9.97 Å². The largest absolute Gasteiger partial charge is 0.374 e. The number of anilines is 1. The molecule has 1 atom stereocenters. The van der Waals surface area contributed by atoms with E-state index in [1.54, 1.807) is 6.33 Å². The van der Waals surface area contributed by atoms with Crippen molar-refractivity contribution in [1.82, 2.24) is 14.9 Å². The molecule has 0 spiro atoms. The van der Waals surface area contributed by atoms with Crippen LogP contribution in [0.5, 0.6) is 0 Å². The van der Waals surface area contributed by atoms with Crippen LogP contribution in [0.1, 0.15) is 24.6 Å². The predicted molar refractivity (Wildman–Crippen MR) is 74.4 cm³/mol. The number of nitrogens with one attached hydrogen (secondary N) is 1. The summed E-state index contributed by atoms with van der Waals surface area (Å²) in [7, 11) is 0. The molecule has 0 bridgehead atoms. The van der Waals surface area contributed by atoms with Crippen molar-refractivity contribution in [3.63, 3.8) is 0 Å². The van der Waals surface area contributed by atoms with E-state index in [1.807, 2.05) is 0 Å². The summed E-state index contributed by atoms with van der Waals surface area (Å²) in [5.74, 6) is 1.01. The first-order chi connectivity index (χ1) is 9.36. The highest BCUT2D eigenvalue weighted by molar-refractivity contribution is 5.47. The Kier molecular flexibility index (Phi) is 3.94. The van der Waals surface area contributed by atoms with Gasteiger partial charge in [0.2, 0.25) is 0 Å². The van der Waals surface area contributed by atoms with Crippen molar-refractivity contribution in [2.24, 2.45) is 0 Å². The monoisotopic (exact) mass is 262 g/mol. The molecule has 0 aromatic carbocycles. The van der Waals surface area contributed by atoms with Gasteiger partial charge in [-0.2, -0.15) is 0 Å². The minimum Gasteiger partial charge on any atom is -0.374 e. The molecule has 1 aromatic heterocycles. The number of ether oxygens (including phenoxy) is 1. The van der Waals surface area contributed by atoms with Gasteiger partial charge in [-0.05, 0) is 25.8 Å². The molecular formula is C14H22N4O. The highest BCUT2D eigenvalue weighted by atomic mass is 16.5. The van der Waals surface area contributed by atoms with Gasteiger partial charge in [-0.3, -0.25) is 4.90 Å². The summed E-state index contributed by atoms with van der Waals surface area (Å²) in [6.07, 6.45) is 5.33. The van der Waals surface area contributed by atoms with Gasteiger partial charge in [0.25, 0.3) is 0 Å². The van der Waals surface area contributed by atoms with Crippen molar-refractivity contribution in [3.05, 3.63) is 17.6 Å². The molecule has 1 N–H and O–H groups in total. The third-order valence-electron chi connectivity index (χ3n) is 4.04. The van der Waals surface area contributed by atoms with Gasteiger partial charge in [0.05, 0.1) is 12.7 Å². The fourth-order valence-electron chi connectivity index (χ4n) is 2.91. The van der Waals surface area contributed by atoms with Crippen molar-refractivity contribution in [2.75, 3.05) is 38.1 Å². The van der Waals surface area contributed by atoms with Crippen LogP contribution in [0.4, 0.5) is 5.82 Å². The van der Waals surface area contributed by atoms with Crippen molar-refractivity contribution >= 4 is 5.82 Å². The zero-order valence-corrected chi connectivity index (χ0v) is 11.6. The second kappa shape index (κ2) is 5.84. The van der Waals surface area contributed by atoms with Crippen molar-refractivity contribution in [1.29, 1.82) is 0 Å². The number of fused-ring (bicyclic) bond motifs is 1. The van der Waals surface area contributed by atoms with Crippen LogP contribution in [-0.2, 0) is 17.6 Å². The maximum absolute atomic E-state index is 5.80. The summed E-state index contributed by atoms with van der Waals surface area (Å²) < 4.78 is 5.80. The molecule has 5 heteroatoms. The lowest BCUT2D eigenvalue weighted by atomic mass is 10.2. The lowest BCUT2D eigenvalue weighted by Crippen LogP contribution is -2.45. The molecule has 2 heterocycles. The first kappa shape index (κ1) is 12.8. The summed E-state index contributed by atoms with van der Waals surface area (Å²) in [5, 5.41) is 3.46. The molecule has 0 radical (unpaired) electrons. The number of rotatable bonds is 4. The van der Waals surface area contributed by atoms with E-state index in [0.717, 1.165) is 51.4 Å². The van der Waals surface area contributed by atoms with Crippen molar-refractivity contribution < 1.29 is 4.74 Å². The van der Waals surface area contributed by atoms with Gasteiger partial charge in [0, 0.05) is 30.9 Å². The first-order valence-electron chi connectivity index (χ1n) is 7.27. The number of hydrogen-bond donors (Lipinski definition) is 1. The lowest BCUT2D eigenvalue weighted by molar-refractivity contribution is -0.0192. The molecule has 1 saturated heterocycles. The number of morpholine rings is 1. The molecule has 0 saturated carbocycles. The quantitative estimate of drug-likeness (QED) is 0.880. The molecule has 19 heavy (non-hydrogen) atoms. The van der Waals surface area contributed by atoms with E-state index in [2.05, 4.69) is 27.1 Å². The van der Waals surface area contributed by atoms with E-state index in [0.29, 0.717) is 0 Å². The third kappa shape index (κ3) is 2.87. The van der Waals surface area contributed by atoms with Gasteiger partial charge in [-0.15, -0.1) is 0 Å². The Bertz CT molecular complexity index is 437. The summed E-state index contributed by atoms with van der Waals surface area (Å²) in [6.45, 7) is 7.03. The number of aryl methyl sites for hydroxylation is 1. The highest BCUT2D eigenvalue weighted by Gasteiger charge is 2.21. The number of hydrogen-bond acceptors (Lipinski definition) is 5. The number of likely N-dealkylation sites (N-methyl/N-ethyl adjacent to an activating group) is 1. The average Bonchev–Trinajstić information content (AvgIpc) is 2.94. The predicted octanol–water partition coefficient (Wildman–Crippen LogP) is 1.10. The summed E-state index contributed by atoms with van der Waals surface area (Å²) in [5.41, 5.74) is 2.53. The molecule has 1 aliphatic carbocycles. The Morgan fingerprint density at radius 2 is 2.37 bits per heavy atom. The second-order valence-corrected chi connectivity index (χ2v) is 5.27. The normalized spacial score (nSPS) is 23.3. The van der Waals surface area contributed by atoms with Gasteiger partial charge in [0.15, 0.2) is 0 Å². The Labute approximate surface area is 114 Å². The fourth-order valence-corrected chi connectivity index (χ4v) is 2.91. The van der Waals surface area contributed by atoms with Crippen LogP contribution in [0.2, 0.25) is 0 Å². The standard InChI is InChI=1S/C14H22N4O/c1-2-18-6-7-19-11(9-18)8-15-14-12-4-3-5-13(12)16-10-17-14/h10-11H,2-9H2,1H3,(H,15,16,17)/t11-/m0/s1. The van der Waals surface area contributed by atoms with Crippen molar-refractivity contribution in [2.45, 2.75) is 32.3 Å². The summed E-state index contributed by atoms with van der Waals surface area (Å²) in [4.78, 5) is 11.2. The third-order valence-corrected chi connectivity index (χ3v) is 4.04. The SMILES string of the molecule is CCN1CCO[C@@H](CNc2ncnc3c2CCC3)C1. The van der Waals surface area contributed by atoms with E-state index in [4.69, 9.17) is 4.74 Å². The molecule has 0 amide bonds. The van der Waals surface area contributed by atoms with E-state index in [-0.39, 0.29) is 6.10 Å². The smallest absolute Gasteiger partial charge is 0.132 e. The van der Waals surface area contributed by atoms with E-state index >= 15 is 0 Å². The second-order valence-electron chi connectivity index (χ2n) is 5.27. The fraction of sp³-hybridized carbons (Fsp3) is 0.714. The van der Waals surface area contributed by atoms with Crippen LogP contribution in [0.25, 0.3) is 0 Å². The minimum absolute atomic E-state index is 0.265. The lowest BCUT2D eigenvalue weighted by Gasteiger charge is -2.32. The van der Waals surface area contributed by atoms with Gasteiger partial charge in [0.1, 0.15) is 12.1 Å². The average molecular weight is 262 g/mol. The highest BCUT2D eigenvalue weighted by Crippen LogP contribution is 2.25. The Hall–Kier alpha value is -1.20. The van der Waals surface area contributed by atoms with E-state index in [1.165, 1.54) is 17.7 Å². The molecule has 3 rings (SSSR count). The van der Waals surface area contributed by atoms with E-state index in [9.17, 15) is 0 Å². The Morgan fingerprint density at radius 3 is 3.26 bits per heavy atom. The molecule has 0 unspecified atom stereocenters. The number of nitrogens with zero attached hydrogens (tertiary/aromatic N) is 3. The van der Waals surface area contributed by atoms with Crippen LogP contribution >= 0.6 is 0 Å². The van der Waals surface area contributed by atoms with Crippen molar-refractivity contribution in [3.8, 4) is 0 Å². The molecule has 1 fully saturated rings. The topological polar surface area (TPSA) is 50.3 Å². The Morgan fingerprint density at radius 1 is 1.42 bits per heavy atom. The van der Waals surface area contributed by atoms with Crippen LogP contribution in [-0.4, -0.2) is 53.8 Å². The van der Waals surface area contributed by atoms with Crippen LogP contribution < -0.4 is 5.32 Å². The van der Waals surface area contributed by atoms with Crippen LogP contribution in [0, 0.1) is 0 Å². The molecule has 1 aliphatic heterocycles. The maximum atomic E-state index is 5.80. The zero-order chi connectivity index (χ0) is 13.1. The summed E-state index contributed by atoms with van der Waals surface area (Å²) in [6, 6.07) is 0. The molecular weight excluding hydrogens is 240 g/mol. The first-order valence-corrected chi connectivity index (χ1v) is 7.27.